The van der Waals surface area contributed by atoms with E-state index in [4.69, 9.17) is 0 Å². The molecule has 0 aliphatic heterocycles. The topological polar surface area (TPSA) is 20.2 Å². The van der Waals surface area contributed by atoms with Crippen LogP contribution in [0.1, 0.15) is 24.0 Å². The summed E-state index contributed by atoms with van der Waals surface area (Å²) < 4.78 is 0. The summed E-state index contributed by atoms with van der Waals surface area (Å²) in [6, 6.07) is 8.30. The average molecular weight is 188 g/mol. The fourth-order valence-corrected chi connectivity index (χ4v) is 1.70. The predicted molar refractivity (Wildman–Crippen MR) is 59.0 cm³/mol. The summed E-state index contributed by atoms with van der Waals surface area (Å²) in [5, 5.41) is 9.22. The van der Waals surface area contributed by atoms with Crippen LogP contribution in [0.3, 0.4) is 0 Å². The fraction of sp³-hybridized carbons (Fsp3) is 0.385. The highest BCUT2D eigenvalue weighted by atomic mass is 16.3. The van der Waals surface area contributed by atoms with Crippen LogP contribution in [-0.2, 0) is 0 Å². The molecule has 0 unspecified atom stereocenters. The number of benzene rings is 1. The first-order valence-electron chi connectivity index (χ1n) is 5.18. The normalized spacial score (nSPS) is 17.1. The maximum Gasteiger partial charge on any atom is 0.0647 e. The highest BCUT2D eigenvalue weighted by Gasteiger charge is 2.25. The van der Waals surface area contributed by atoms with Crippen LogP contribution in [0.2, 0.25) is 0 Å². The third kappa shape index (κ3) is 2.05. The molecule has 0 aromatic heterocycles. The molecule has 1 aliphatic rings. The second kappa shape index (κ2) is 3.97. The standard InChI is InChI=1S/C13H16O/c1-10-4-2-3-5-12(10)8-13(9-14)11-6-7-11/h2-5,8,11,14H,6-7,9H2,1H3/b13-8+. The number of rotatable bonds is 3. The second-order valence-corrected chi connectivity index (χ2v) is 4.01. The molecule has 14 heavy (non-hydrogen) atoms. The van der Waals surface area contributed by atoms with Crippen molar-refractivity contribution in [2.24, 2.45) is 5.92 Å². The smallest absolute Gasteiger partial charge is 0.0647 e. The molecule has 0 spiro atoms. The molecule has 1 nitrogen and oxygen atoms in total. The zero-order chi connectivity index (χ0) is 9.97. The Morgan fingerprint density at radius 2 is 2.14 bits per heavy atom. The minimum Gasteiger partial charge on any atom is -0.392 e. The molecule has 2 rings (SSSR count). The predicted octanol–water partition coefficient (Wildman–Crippen LogP) is 2.78. The third-order valence-corrected chi connectivity index (χ3v) is 2.81. The molecule has 1 aromatic carbocycles. The van der Waals surface area contributed by atoms with Crippen molar-refractivity contribution in [3.05, 3.63) is 41.0 Å². The van der Waals surface area contributed by atoms with Gasteiger partial charge in [0.15, 0.2) is 0 Å². The van der Waals surface area contributed by atoms with E-state index in [1.165, 1.54) is 29.5 Å². The van der Waals surface area contributed by atoms with Crippen molar-refractivity contribution in [1.29, 1.82) is 0 Å². The Morgan fingerprint density at radius 3 is 2.71 bits per heavy atom. The van der Waals surface area contributed by atoms with E-state index >= 15 is 0 Å². The van der Waals surface area contributed by atoms with Gasteiger partial charge >= 0.3 is 0 Å². The first-order valence-corrected chi connectivity index (χ1v) is 5.18. The molecule has 1 aromatic rings. The third-order valence-electron chi connectivity index (χ3n) is 2.81. The van der Waals surface area contributed by atoms with E-state index in [0.29, 0.717) is 5.92 Å². The molecule has 0 bridgehead atoms. The molecule has 74 valence electrons. The molecule has 1 N–H and O–H groups in total. The van der Waals surface area contributed by atoms with E-state index in [2.05, 4.69) is 25.1 Å². The number of aliphatic hydroxyl groups is 1. The lowest BCUT2D eigenvalue weighted by Crippen LogP contribution is -1.93. The lowest BCUT2D eigenvalue weighted by molar-refractivity contribution is 0.326. The molecule has 1 fully saturated rings. The fourth-order valence-electron chi connectivity index (χ4n) is 1.70. The largest absolute Gasteiger partial charge is 0.392 e. The molecule has 1 aliphatic carbocycles. The number of hydrogen-bond acceptors (Lipinski definition) is 1. The van der Waals surface area contributed by atoms with E-state index in [1.807, 2.05) is 12.1 Å². The van der Waals surface area contributed by atoms with Gasteiger partial charge in [0.2, 0.25) is 0 Å². The van der Waals surface area contributed by atoms with Crippen LogP contribution in [0, 0.1) is 12.8 Å². The van der Waals surface area contributed by atoms with Gasteiger partial charge in [-0.15, -0.1) is 0 Å². The van der Waals surface area contributed by atoms with Gasteiger partial charge in [-0.25, -0.2) is 0 Å². The zero-order valence-electron chi connectivity index (χ0n) is 8.53. The minimum atomic E-state index is 0.207. The lowest BCUT2D eigenvalue weighted by Gasteiger charge is -2.04. The summed E-state index contributed by atoms with van der Waals surface area (Å²) in [5.74, 6) is 0.652. The van der Waals surface area contributed by atoms with Gasteiger partial charge in [0, 0.05) is 0 Å². The summed E-state index contributed by atoms with van der Waals surface area (Å²) >= 11 is 0. The molecule has 0 atom stereocenters. The highest BCUT2D eigenvalue weighted by Crippen LogP contribution is 2.37. The van der Waals surface area contributed by atoms with Crippen molar-refractivity contribution in [3.63, 3.8) is 0 Å². The van der Waals surface area contributed by atoms with Crippen LogP contribution in [0.25, 0.3) is 6.08 Å². The van der Waals surface area contributed by atoms with Gasteiger partial charge in [0.25, 0.3) is 0 Å². The summed E-state index contributed by atoms with van der Waals surface area (Å²) in [7, 11) is 0. The maximum atomic E-state index is 9.22. The van der Waals surface area contributed by atoms with Crippen molar-refractivity contribution in [3.8, 4) is 0 Å². The van der Waals surface area contributed by atoms with E-state index in [-0.39, 0.29) is 6.61 Å². The van der Waals surface area contributed by atoms with Gasteiger partial charge < -0.3 is 5.11 Å². The van der Waals surface area contributed by atoms with Crippen molar-refractivity contribution < 1.29 is 5.11 Å². The van der Waals surface area contributed by atoms with Gasteiger partial charge in [-0.3, -0.25) is 0 Å². The molecule has 0 radical (unpaired) electrons. The van der Waals surface area contributed by atoms with Crippen molar-refractivity contribution in [2.75, 3.05) is 6.61 Å². The van der Waals surface area contributed by atoms with Crippen molar-refractivity contribution in [1.82, 2.24) is 0 Å². The van der Waals surface area contributed by atoms with Crippen LogP contribution in [0.15, 0.2) is 29.8 Å². The van der Waals surface area contributed by atoms with Crippen LogP contribution in [-0.4, -0.2) is 11.7 Å². The molecule has 0 saturated heterocycles. The molecule has 0 amide bonds. The Bertz CT molecular complexity index is 348. The Kier molecular flexibility index (Phi) is 2.69. The summed E-state index contributed by atoms with van der Waals surface area (Å²) in [6.45, 7) is 2.31. The Labute approximate surface area is 85.1 Å². The first-order chi connectivity index (χ1) is 6.81. The quantitative estimate of drug-likeness (QED) is 0.773. The van der Waals surface area contributed by atoms with E-state index in [1.54, 1.807) is 0 Å². The van der Waals surface area contributed by atoms with Gasteiger partial charge in [-0.2, -0.15) is 0 Å². The van der Waals surface area contributed by atoms with Crippen LogP contribution in [0.5, 0.6) is 0 Å². The van der Waals surface area contributed by atoms with E-state index in [0.717, 1.165) is 0 Å². The van der Waals surface area contributed by atoms with Crippen molar-refractivity contribution in [2.45, 2.75) is 19.8 Å². The SMILES string of the molecule is Cc1ccccc1/C=C(\CO)C1CC1. The van der Waals surface area contributed by atoms with Gasteiger partial charge in [0.05, 0.1) is 6.61 Å². The van der Waals surface area contributed by atoms with Crippen LogP contribution in [0.4, 0.5) is 0 Å². The summed E-state index contributed by atoms with van der Waals surface area (Å²) in [6.07, 6.45) is 4.64. The highest BCUT2D eigenvalue weighted by molar-refractivity contribution is 5.57. The number of hydrogen-bond donors (Lipinski definition) is 1. The molecule has 0 heterocycles. The minimum absolute atomic E-state index is 0.207. The van der Waals surface area contributed by atoms with Crippen LogP contribution < -0.4 is 0 Å². The number of aliphatic hydroxyl groups excluding tert-OH is 1. The Morgan fingerprint density at radius 1 is 1.43 bits per heavy atom. The Hall–Kier alpha value is -1.08. The first kappa shape index (κ1) is 9.47. The molecular formula is C13H16O. The molecule has 1 saturated carbocycles. The molecule has 1 heteroatoms. The van der Waals surface area contributed by atoms with Crippen molar-refractivity contribution >= 4 is 6.08 Å². The average Bonchev–Trinajstić information content (AvgIpc) is 3.00. The lowest BCUT2D eigenvalue weighted by atomic mass is 10.0. The zero-order valence-corrected chi connectivity index (χ0v) is 8.53. The van der Waals surface area contributed by atoms with Gasteiger partial charge in [0.1, 0.15) is 0 Å². The Balaban J connectivity index is 2.26. The van der Waals surface area contributed by atoms with Crippen LogP contribution >= 0.6 is 0 Å². The van der Waals surface area contributed by atoms with E-state index in [9.17, 15) is 5.11 Å². The van der Waals surface area contributed by atoms with Gasteiger partial charge in [-0.1, -0.05) is 30.3 Å². The number of aryl methyl sites for hydroxylation is 1. The maximum absolute atomic E-state index is 9.22. The second-order valence-electron chi connectivity index (χ2n) is 4.01. The molecular weight excluding hydrogens is 172 g/mol. The van der Waals surface area contributed by atoms with E-state index < -0.39 is 0 Å². The monoisotopic (exact) mass is 188 g/mol. The summed E-state index contributed by atoms with van der Waals surface area (Å²) in [4.78, 5) is 0. The summed E-state index contributed by atoms with van der Waals surface area (Å²) in [5.41, 5.74) is 3.71. The van der Waals surface area contributed by atoms with Gasteiger partial charge in [-0.05, 0) is 42.4 Å².